The first-order valence-corrected chi connectivity index (χ1v) is 6.74. The molecule has 0 fully saturated rings. The molecule has 0 aliphatic rings. The Morgan fingerprint density at radius 3 is 2.88 bits per heavy atom. The van der Waals surface area contributed by atoms with Gasteiger partial charge >= 0.3 is 0 Å². The zero-order valence-electron chi connectivity index (χ0n) is 8.91. The number of hydrogen-bond donors (Lipinski definition) is 1. The summed E-state index contributed by atoms with van der Waals surface area (Å²) in [5.41, 5.74) is 1.59. The van der Waals surface area contributed by atoms with Crippen LogP contribution in [0.3, 0.4) is 0 Å². The summed E-state index contributed by atoms with van der Waals surface area (Å²) < 4.78 is 6.40. The van der Waals surface area contributed by atoms with Crippen LogP contribution in [-0.4, -0.2) is 17.2 Å². The van der Waals surface area contributed by atoms with Crippen LogP contribution >= 0.6 is 38.9 Å². The molecule has 0 atom stereocenters. The van der Waals surface area contributed by atoms with Gasteiger partial charge in [-0.1, -0.05) is 11.6 Å². The van der Waals surface area contributed by atoms with Crippen LogP contribution in [0.1, 0.15) is 4.88 Å². The molecule has 6 heteroatoms. The minimum atomic E-state index is -0.0712. The average molecular weight is 335 g/mol. The zero-order valence-corrected chi connectivity index (χ0v) is 12.1. The molecule has 0 saturated carbocycles. The Hall–Kier alpha value is -0.620. The fraction of sp³-hybridized carbons (Fsp3) is 0.182. The Morgan fingerprint density at radius 1 is 1.53 bits per heavy atom. The maximum absolute atomic E-state index is 9.26. The third-order valence-electron chi connectivity index (χ3n) is 2.25. The highest BCUT2D eigenvalue weighted by atomic mass is 79.9. The number of halogens is 2. The van der Waals surface area contributed by atoms with Crippen molar-refractivity contribution in [2.75, 3.05) is 7.11 Å². The minimum Gasteiger partial charge on any atom is -0.497 e. The van der Waals surface area contributed by atoms with E-state index < -0.39 is 0 Å². The Morgan fingerprint density at radius 2 is 2.29 bits per heavy atom. The number of rotatable bonds is 3. The van der Waals surface area contributed by atoms with Crippen LogP contribution < -0.4 is 4.74 Å². The summed E-state index contributed by atoms with van der Waals surface area (Å²) in [7, 11) is 1.61. The first-order chi connectivity index (χ1) is 8.15. The lowest BCUT2D eigenvalue weighted by atomic mass is 10.1. The minimum absolute atomic E-state index is 0.0712. The largest absolute Gasteiger partial charge is 0.497 e. The number of hydrogen-bond acceptors (Lipinski definition) is 4. The Labute approximate surface area is 116 Å². The van der Waals surface area contributed by atoms with E-state index in [0.717, 1.165) is 20.7 Å². The van der Waals surface area contributed by atoms with Gasteiger partial charge in [0.15, 0.2) is 4.47 Å². The van der Waals surface area contributed by atoms with Gasteiger partial charge < -0.3 is 9.84 Å². The highest BCUT2D eigenvalue weighted by Gasteiger charge is 2.14. The van der Waals surface area contributed by atoms with Crippen molar-refractivity contribution in [3.63, 3.8) is 0 Å². The van der Waals surface area contributed by atoms with Crippen molar-refractivity contribution in [2.45, 2.75) is 6.61 Å². The number of aromatic nitrogens is 1. The molecule has 0 aliphatic heterocycles. The van der Waals surface area contributed by atoms with Crippen molar-refractivity contribution >= 4 is 38.9 Å². The van der Waals surface area contributed by atoms with Crippen molar-refractivity contribution in [3.05, 3.63) is 32.0 Å². The Kier molecular flexibility index (Phi) is 4.04. The van der Waals surface area contributed by atoms with Crippen LogP contribution in [0.25, 0.3) is 11.3 Å². The van der Waals surface area contributed by atoms with Gasteiger partial charge in [-0.3, -0.25) is 0 Å². The molecule has 1 N–H and O–H groups in total. The number of aliphatic hydroxyl groups is 1. The second-order valence-corrected chi connectivity index (χ2v) is 5.76. The summed E-state index contributed by atoms with van der Waals surface area (Å²) >= 11 is 10.6. The smallest absolute Gasteiger partial charge is 0.184 e. The van der Waals surface area contributed by atoms with Gasteiger partial charge in [0.25, 0.3) is 0 Å². The highest BCUT2D eigenvalue weighted by molar-refractivity contribution is 9.10. The first kappa shape index (κ1) is 12.8. The Balaban J connectivity index is 2.52. The summed E-state index contributed by atoms with van der Waals surface area (Å²) in [5.74, 6) is 0.757. The predicted octanol–water partition coefficient (Wildman–Crippen LogP) is 3.73. The maximum atomic E-state index is 9.26. The normalized spacial score (nSPS) is 10.6. The molecule has 0 radical (unpaired) electrons. The van der Waals surface area contributed by atoms with Crippen molar-refractivity contribution in [3.8, 4) is 17.0 Å². The first-order valence-electron chi connectivity index (χ1n) is 4.75. The van der Waals surface area contributed by atoms with E-state index >= 15 is 0 Å². The van der Waals surface area contributed by atoms with E-state index in [1.165, 1.54) is 11.3 Å². The summed E-state index contributed by atoms with van der Waals surface area (Å²) in [5, 5.41) is 9.26. The molecule has 0 bridgehead atoms. The monoisotopic (exact) mass is 333 g/mol. The van der Waals surface area contributed by atoms with Gasteiger partial charge in [-0.2, -0.15) is 0 Å². The second kappa shape index (κ2) is 5.35. The molecular weight excluding hydrogens is 326 g/mol. The van der Waals surface area contributed by atoms with Gasteiger partial charge in [0, 0.05) is 10.0 Å². The van der Waals surface area contributed by atoms with E-state index in [-0.39, 0.29) is 6.61 Å². The SMILES string of the molecule is COc1ccc(-c2nc(Cl)sc2CO)c(Br)c1. The molecule has 0 aliphatic carbocycles. The molecule has 3 nitrogen and oxygen atoms in total. The predicted molar refractivity (Wildman–Crippen MR) is 72.7 cm³/mol. The number of ether oxygens (including phenoxy) is 1. The van der Waals surface area contributed by atoms with Crippen LogP contribution in [0.15, 0.2) is 22.7 Å². The maximum Gasteiger partial charge on any atom is 0.184 e. The summed E-state index contributed by atoms with van der Waals surface area (Å²) in [6, 6.07) is 5.58. The van der Waals surface area contributed by atoms with Gasteiger partial charge in [-0.05, 0) is 34.1 Å². The quantitative estimate of drug-likeness (QED) is 0.930. The summed E-state index contributed by atoms with van der Waals surface area (Å²) in [6.45, 7) is -0.0712. The lowest BCUT2D eigenvalue weighted by Gasteiger charge is -2.05. The molecule has 2 aromatic rings. The van der Waals surface area contributed by atoms with Crippen LogP contribution in [0.4, 0.5) is 0 Å². The molecule has 1 aromatic carbocycles. The number of aliphatic hydroxyl groups excluding tert-OH is 1. The van der Waals surface area contributed by atoms with Gasteiger partial charge in [0.05, 0.1) is 24.3 Å². The number of nitrogens with zero attached hydrogens (tertiary/aromatic N) is 1. The third kappa shape index (κ3) is 2.63. The molecule has 1 aromatic heterocycles. The number of methoxy groups -OCH3 is 1. The number of benzene rings is 1. The lowest BCUT2D eigenvalue weighted by molar-refractivity contribution is 0.286. The Bertz CT molecular complexity index is 544. The van der Waals surface area contributed by atoms with Crippen molar-refractivity contribution in [2.24, 2.45) is 0 Å². The molecule has 0 amide bonds. The van der Waals surface area contributed by atoms with Gasteiger partial charge in [0.1, 0.15) is 5.75 Å². The van der Waals surface area contributed by atoms with E-state index in [0.29, 0.717) is 10.2 Å². The van der Waals surface area contributed by atoms with Crippen molar-refractivity contribution < 1.29 is 9.84 Å². The lowest BCUT2D eigenvalue weighted by Crippen LogP contribution is -1.88. The summed E-state index contributed by atoms with van der Waals surface area (Å²) in [4.78, 5) is 4.97. The third-order valence-corrected chi connectivity index (χ3v) is 4.05. The molecule has 0 saturated heterocycles. The molecular formula is C11H9BrClNO2S. The topological polar surface area (TPSA) is 42.4 Å². The second-order valence-electron chi connectivity index (χ2n) is 3.24. The number of thiazole rings is 1. The van der Waals surface area contributed by atoms with E-state index in [1.54, 1.807) is 7.11 Å². The molecule has 1 heterocycles. The molecule has 90 valence electrons. The van der Waals surface area contributed by atoms with Gasteiger partial charge in [0.2, 0.25) is 0 Å². The van der Waals surface area contributed by atoms with Crippen LogP contribution in [-0.2, 0) is 6.61 Å². The van der Waals surface area contributed by atoms with Crippen LogP contribution in [0.5, 0.6) is 5.75 Å². The van der Waals surface area contributed by atoms with E-state index in [4.69, 9.17) is 16.3 Å². The van der Waals surface area contributed by atoms with E-state index in [9.17, 15) is 5.11 Å². The molecule has 17 heavy (non-hydrogen) atoms. The van der Waals surface area contributed by atoms with Crippen LogP contribution in [0, 0.1) is 0 Å². The van der Waals surface area contributed by atoms with Crippen LogP contribution in [0.2, 0.25) is 4.47 Å². The molecule has 2 rings (SSSR count). The standard InChI is InChI=1S/C11H9BrClNO2S/c1-16-6-2-3-7(8(12)4-6)10-9(5-15)17-11(13)14-10/h2-4,15H,5H2,1H3. The molecule has 0 unspecified atom stereocenters. The average Bonchev–Trinajstić information content (AvgIpc) is 2.70. The molecule has 0 spiro atoms. The van der Waals surface area contributed by atoms with Gasteiger partial charge in [-0.25, -0.2) is 4.98 Å². The summed E-state index contributed by atoms with van der Waals surface area (Å²) in [6.07, 6.45) is 0. The van der Waals surface area contributed by atoms with Gasteiger partial charge in [-0.15, -0.1) is 11.3 Å². The fourth-order valence-corrected chi connectivity index (χ4v) is 3.02. The fourth-order valence-electron chi connectivity index (χ4n) is 1.46. The van der Waals surface area contributed by atoms with Crippen molar-refractivity contribution in [1.29, 1.82) is 0 Å². The van der Waals surface area contributed by atoms with Crippen molar-refractivity contribution in [1.82, 2.24) is 4.98 Å². The van der Waals surface area contributed by atoms with E-state index in [2.05, 4.69) is 20.9 Å². The van der Waals surface area contributed by atoms with E-state index in [1.807, 2.05) is 18.2 Å². The highest BCUT2D eigenvalue weighted by Crippen LogP contribution is 2.36. The zero-order chi connectivity index (χ0) is 12.4.